The maximum absolute atomic E-state index is 13.0. The van der Waals surface area contributed by atoms with Crippen LogP contribution in [0.25, 0.3) is 0 Å². The van der Waals surface area contributed by atoms with E-state index >= 15 is 0 Å². The number of methoxy groups -OCH3 is 1. The minimum absolute atomic E-state index is 0.00474. The van der Waals surface area contributed by atoms with Gasteiger partial charge in [0.2, 0.25) is 0 Å². The molecule has 0 aromatic heterocycles. The number of hydroxylamine groups is 2. The molecule has 2 heterocycles. The maximum atomic E-state index is 13.0. The molecule has 4 unspecified atom stereocenters. The monoisotopic (exact) mass is 415 g/mol. The van der Waals surface area contributed by atoms with Gasteiger partial charge in [0.1, 0.15) is 5.75 Å². The number of hydrogen-bond acceptors (Lipinski definition) is 4. The minimum atomic E-state index is -0.482. The van der Waals surface area contributed by atoms with Crippen molar-refractivity contribution in [1.29, 1.82) is 0 Å². The van der Waals surface area contributed by atoms with E-state index in [0.29, 0.717) is 13.0 Å². The molecule has 0 radical (unpaired) electrons. The molecule has 2 saturated heterocycles. The lowest BCUT2D eigenvalue weighted by molar-refractivity contribution is -0.336. The van der Waals surface area contributed by atoms with Gasteiger partial charge in [0, 0.05) is 12.3 Å². The summed E-state index contributed by atoms with van der Waals surface area (Å²) in [7, 11) is 1.65. The number of amides is 1. The maximum Gasteiger partial charge on any atom is 0.256 e. The number of carbonyl (C=O) groups is 1. The van der Waals surface area contributed by atoms with Crippen molar-refractivity contribution in [3.05, 3.63) is 102 Å². The molecule has 2 aliphatic rings. The molecule has 0 aliphatic carbocycles. The molecule has 0 saturated carbocycles. The van der Waals surface area contributed by atoms with E-state index in [-0.39, 0.29) is 23.8 Å². The van der Waals surface area contributed by atoms with Crippen molar-refractivity contribution >= 4 is 5.91 Å². The quantitative estimate of drug-likeness (QED) is 0.550. The lowest BCUT2D eigenvalue weighted by Gasteiger charge is -2.54. The Labute approximate surface area is 182 Å². The number of carbonyl (C=O) groups excluding carboxylic acids is 1. The number of β-lactam (4-membered cyclic amide) rings is 1. The van der Waals surface area contributed by atoms with Crippen LogP contribution in [0.15, 0.2) is 84.9 Å². The fraction of sp³-hybridized carbons (Fsp3) is 0.269. The molecule has 0 spiro atoms. The van der Waals surface area contributed by atoms with Crippen LogP contribution in [0.4, 0.5) is 0 Å². The Hall–Kier alpha value is -3.15. The Balaban J connectivity index is 1.35. The van der Waals surface area contributed by atoms with E-state index in [9.17, 15) is 4.79 Å². The molecule has 3 aromatic rings. The first-order chi connectivity index (χ1) is 15.2. The Morgan fingerprint density at radius 2 is 1.55 bits per heavy atom. The summed E-state index contributed by atoms with van der Waals surface area (Å²) >= 11 is 0. The molecule has 5 rings (SSSR count). The third-order valence-corrected chi connectivity index (χ3v) is 6.17. The molecule has 31 heavy (non-hydrogen) atoms. The van der Waals surface area contributed by atoms with Gasteiger partial charge in [-0.2, -0.15) is 0 Å². The van der Waals surface area contributed by atoms with Crippen molar-refractivity contribution in [2.24, 2.45) is 0 Å². The average molecular weight is 415 g/mol. The van der Waals surface area contributed by atoms with Gasteiger partial charge in [-0.05, 0) is 28.8 Å². The standard InChI is InChI=1S/C26H25NO4/c1-29-21-14-12-18(13-15-21)17-30-23-16-22(19-8-4-2-5-9-19)25-24(26(28)27(25)31-23)20-10-6-3-7-11-20/h2-15,22-25H,16-17H2,1H3. The largest absolute Gasteiger partial charge is 0.497 e. The second-order valence-electron chi connectivity index (χ2n) is 7.99. The lowest BCUT2D eigenvalue weighted by atomic mass is 9.72. The zero-order valence-corrected chi connectivity index (χ0v) is 17.4. The minimum Gasteiger partial charge on any atom is -0.497 e. The second kappa shape index (κ2) is 8.53. The predicted molar refractivity (Wildman–Crippen MR) is 116 cm³/mol. The fourth-order valence-electron chi connectivity index (χ4n) is 4.56. The van der Waals surface area contributed by atoms with Crippen LogP contribution in [-0.4, -0.2) is 30.4 Å². The van der Waals surface area contributed by atoms with Gasteiger partial charge in [0.15, 0.2) is 6.29 Å². The van der Waals surface area contributed by atoms with Gasteiger partial charge in [0.25, 0.3) is 5.91 Å². The van der Waals surface area contributed by atoms with E-state index in [0.717, 1.165) is 16.9 Å². The van der Waals surface area contributed by atoms with Gasteiger partial charge in [-0.3, -0.25) is 4.79 Å². The van der Waals surface area contributed by atoms with Gasteiger partial charge in [-0.1, -0.05) is 72.8 Å². The third kappa shape index (κ3) is 3.82. The van der Waals surface area contributed by atoms with Crippen LogP contribution in [0, 0.1) is 0 Å². The Kier molecular flexibility index (Phi) is 5.45. The number of rotatable bonds is 6. The summed E-state index contributed by atoms with van der Waals surface area (Å²) in [4.78, 5) is 19.0. The predicted octanol–water partition coefficient (Wildman–Crippen LogP) is 4.65. The van der Waals surface area contributed by atoms with Crippen LogP contribution in [0.3, 0.4) is 0 Å². The Bertz CT molecular complexity index is 1020. The molecule has 4 atom stereocenters. The molecule has 0 bridgehead atoms. The highest BCUT2D eigenvalue weighted by molar-refractivity contribution is 5.90. The van der Waals surface area contributed by atoms with Crippen molar-refractivity contribution in [3.63, 3.8) is 0 Å². The zero-order chi connectivity index (χ0) is 21.2. The summed E-state index contributed by atoms with van der Waals surface area (Å²) in [6.07, 6.45) is 0.210. The number of fused-ring (bicyclic) bond motifs is 1. The molecule has 2 aliphatic heterocycles. The Morgan fingerprint density at radius 3 is 2.19 bits per heavy atom. The SMILES string of the molecule is COc1ccc(COC2CC(c3ccccc3)C3C(c4ccccc4)C(=O)N3O2)cc1. The summed E-state index contributed by atoms with van der Waals surface area (Å²) in [6.45, 7) is 0.408. The normalized spacial score (nSPS) is 24.9. The van der Waals surface area contributed by atoms with Crippen molar-refractivity contribution in [2.45, 2.75) is 37.2 Å². The molecular formula is C26H25NO4. The van der Waals surface area contributed by atoms with Crippen LogP contribution in [-0.2, 0) is 21.0 Å². The summed E-state index contributed by atoms with van der Waals surface area (Å²) in [5.41, 5.74) is 3.27. The van der Waals surface area contributed by atoms with Crippen molar-refractivity contribution in [1.82, 2.24) is 5.06 Å². The van der Waals surface area contributed by atoms with Gasteiger partial charge in [-0.15, -0.1) is 0 Å². The number of hydrogen-bond donors (Lipinski definition) is 0. The zero-order valence-electron chi connectivity index (χ0n) is 17.4. The number of ether oxygens (including phenoxy) is 2. The van der Waals surface area contributed by atoms with Gasteiger partial charge >= 0.3 is 0 Å². The van der Waals surface area contributed by atoms with Gasteiger partial charge in [0.05, 0.1) is 25.7 Å². The van der Waals surface area contributed by atoms with Gasteiger partial charge < -0.3 is 9.47 Å². The molecule has 1 amide bonds. The number of benzene rings is 3. The number of nitrogens with zero attached hydrogens (tertiary/aromatic N) is 1. The highest BCUT2D eigenvalue weighted by Gasteiger charge is 2.57. The smallest absolute Gasteiger partial charge is 0.256 e. The molecule has 0 N–H and O–H groups in total. The van der Waals surface area contributed by atoms with Crippen molar-refractivity contribution in [2.75, 3.05) is 7.11 Å². The van der Waals surface area contributed by atoms with Crippen LogP contribution < -0.4 is 4.74 Å². The van der Waals surface area contributed by atoms with E-state index in [1.165, 1.54) is 10.6 Å². The van der Waals surface area contributed by atoms with E-state index < -0.39 is 6.29 Å². The van der Waals surface area contributed by atoms with Crippen LogP contribution in [0.2, 0.25) is 0 Å². The molecule has 5 nitrogen and oxygen atoms in total. The first-order valence-corrected chi connectivity index (χ1v) is 10.6. The van der Waals surface area contributed by atoms with E-state index in [4.69, 9.17) is 14.3 Å². The van der Waals surface area contributed by atoms with Gasteiger partial charge in [-0.25, -0.2) is 9.90 Å². The van der Waals surface area contributed by atoms with Crippen molar-refractivity contribution in [3.8, 4) is 5.75 Å². The topological polar surface area (TPSA) is 48.0 Å². The lowest BCUT2D eigenvalue weighted by Crippen LogP contribution is -2.65. The highest BCUT2D eigenvalue weighted by atomic mass is 16.8. The average Bonchev–Trinajstić information content (AvgIpc) is 2.84. The van der Waals surface area contributed by atoms with E-state index in [1.54, 1.807) is 7.11 Å². The summed E-state index contributed by atoms with van der Waals surface area (Å²) < 4.78 is 11.3. The molecule has 3 aromatic carbocycles. The molecular weight excluding hydrogens is 390 g/mol. The Morgan fingerprint density at radius 1 is 0.903 bits per heavy atom. The first kappa shape index (κ1) is 19.8. The summed E-state index contributed by atoms with van der Waals surface area (Å²) in [6, 6.07) is 28.1. The van der Waals surface area contributed by atoms with Crippen LogP contribution >= 0.6 is 0 Å². The second-order valence-corrected chi connectivity index (χ2v) is 7.99. The van der Waals surface area contributed by atoms with Crippen LogP contribution in [0.5, 0.6) is 5.75 Å². The first-order valence-electron chi connectivity index (χ1n) is 10.6. The van der Waals surface area contributed by atoms with Crippen LogP contribution in [0.1, 0.15) is 34.9 Å². The highest BCUT2D eigenvalue weighted by Crippen LogP contribution is 2.49. The molecule has 158 valence electrons. The third-order valence-electron chi connectivity index (χ3n) is 6.17. The van der Waals surface area contributed by atoms with E-state index in [2.05, 4.69) is 12.1 Å². The fourth-order valence-corrected chi connectivity index (χ4v) is 4.56. The summed E-state index contributed by atoms with van der Waals surface area (Å²) in [5, 5.41) is 1.54. The molecule has 5 heteroatoms. The van der Waals surface area contributed by atoms with Crippen molar-refractivity contribution < 1.29 is 19.1 Å². The van der Waals surface area contributed by atoms with E-state index in [1.807, 2.05) is 72.8 Å². The molecule has 2 fully saturated rings. The summed E-state index contributed by atoms with van der Waals surface area (Å²) in [5.74, 6) is 0.755.